The van der Waals surface area contributed by atoms with Gasteiger partial charge in [-0.1, -0.05) is 29.8 Å². The Bertz CT molecular complexity index is 698. The van der Waals surface area contributed by atoms with E-state index < -0.39 is 0 Å². The normalized spacial score (nSPS) is 14.6. The van der Waals surface area contributed by atoms with Gasteiger partial charge in [0.05, 0.1) is 24.2 Å². The van der Waals surface area contributed by atoms with Gasteiger partial charge in [-0.05, 0) is 31.4 Å². The van der Waals surface area contributed by atoms with Crippen molar-refractivity contribution in [2.24, 2.45) is 0 Å². The number of aromatic nitrogens is 2. The van der Waals surface area contributed by atoms with Crippen LogP contribution in [-0.4, -0.2) is 34.1 Å². The molecule has 0 bridgehead atoms. The molecular weight excluding hydrogens is 302 g/mol. The molecule has 6 heteroatoms. The van der Waals surface area contributed by atoms with Gasteiger partial charge in [-0.3, -0.25) is 4.79 Å². The lowest BCUT2D eigenvalue weighted by Crippen LogP contribution is -2.43. The molecule has 0 spiro atoms. The number of halogens is 1. The van der Waals surface area contributed by atoms with Crippen LogP contribution >= 0.6 is 11.6 Å². The highest BCUT2D eigenvalue weighted by Gasteiger charge is 2.27. The molecule has 1 heterocycles. The summed E-state index contributed by atoms with van der Waals surface area (Å²) < 4.78 is 1.30. The Labute approximate surface area is 133 Å². The second-order valence-corrected chi connectivity index (χ2v) is 5.78. The zero-order valence-electron chi connectivity index (χ0n) is 12.2. The lowest BCUT2D eigenvalue weighted by Gasteiger charge is -2.39. The van der Waals surface area contributed by atoms with Gasteiger partial charge in [-0.2, -0.15) is 9.78 Å². The monoisotopic (exact) mass is 319 g/mol. The molecule has 0 saturated heterocycles. The highest BCUT2D eigenvalue weighted by molar-refractivity contribution is 6.33. The van der Waals surface area contributed by atoms with Gasteiger partial charge in [0.1, 0.15) is 5.02 Å². The van der Waals surface area contributed by atoms with Crippen molar-refractivity contribution in [3.05, 3.63) is 51.9 Å². The van der Waals surface area contributed by atoms with E-state index >= 15 is 0 Å². The summed E-state index contributed by atoms with van der Waals surface area (Å²) in [5.41, 5.74) is 0.948. The van der Waals surface area contributed by atoms with Crippen molar-refractivity contribution in [3.63, 3.8) is 0 Å². The standard InChI is InChI=1S/C16H18ClN3O2/c17-15-14(19(9-10-21)12-7-4-8-12)11-18-20(16(15)22)13-5-2-1-3-6-13/h1-3,5-6,11-12,21H,4,7-10H2. The van der Waals surface area contributed by atoms with Crippen molar-refractivity contribution in [3.8, 4) is 5.69 Å². The van der Waals surface area contributed by atoms with Crippen LogP contribution in [0, 0.1) is 0 Å². The second-order valence-electron chi connectivity index (χ2n) is 5.40. The van der Waals surface area contributed by atoms with E-state index in [9.17, 15) is 9.90 Å². The fourth-order valence-electron chi connectivity index (χ4n) is 2.68. The van der Waals surface area contributed by atoms with Crippen LogP contribution in [0.25, 0.3) is 5.69 Å². The molecule has 2 aromatic rings. The Morgan fingerprint density at radius 2 is 2.05 bits per heavy atom. The van der Waals surface area contributed by atoms with Gasteiger partial charge in [-0.25, -0.2) is 0 Å². The molecule has 1 aliphatic carbocycles. The Kier molecular flexibility index (Phi) is 4.45. The molecule has 116 valence electrons. The van der Waals surface area contributed by atoms with Gasteiger partial charge < -0.3 is 10.0 Å². The fourth-order valence-corrected chi connectivity index (χ4v) is 2.92. The molecule has 0 aliphatic heterocycles. The number of rotatable bonds is 5. The van der Waals surface area contributed by atoms with E-state index in [0.717, 1.165) is 12.8 Å². The molecule has 22 heavy (non-hydrogen) atoms. The van der Waals surface area contributed by atoms with E-state index in [0.29, 0.717) is 24.0 Å². The van der Waals surface area contributed by atoms with Crippen molar-refractivity contribution in [2.45, 2.75) is 25.3 Å². The van der Waals surface area contributed by atoms with Gasteiger partial charge in [-0.15, -0.1) is 0 Å². The van der Waals surface area contributed by atoms with Crippen LogP contribution in [-0.2, 0) is 0 Å². The third-order valence-corrected chi connectivity index (χ3v) is 4.42. The summed E-state index contributed by atoms with van der Waals surface area (Å²) in [5.74, 6) is 0. The predicted molar refractivity (Wildman–Crippen MR) is 86.9 cm³/mol. The smallest absolute Gasteiger partial charge is 0.292 e. The first kappa shape index (κ1) is 15.1. The molecule has 1 aliphatic rings. The van der Waals surface area contributed by atoms with E-state index in [2.05, 4.69) is 5.10 Å². The van der Waals surface area contributed by atoms with Crippen LogP contribution in [0.15, 0.2) is 41.3 Å². The number of benzene rings is 1. The molecule has 1 aromatic carbocycles. The van der Waals surface area contributed by atoms with Gasteiger partial charge in [0.25, 0.3) is 5.56 Å². The largest absolute Gasteiger partial charge is 0.395 e. The van der Waals surface area contributed by atoms with Crippen molar-refractivity contribution in [1.29, 1.82) is 0 Å². The molecule has 3 rings (SSSR count). The lowest BCUT2D eigenvalue weighted by atomic mass is 9.91. The van der Waals surface area contributed by atoms with E-state index in [-0.39, 0.29) is 17.2 Å². The van der Waals surface area contributed by atoms with Gasteiger partial charge in [0, 0.05) is 12.6 Å². The SMILES string of the molecule is O=c1c(Cl)c(N(CCO)C2CCC2)cnn1-c1ccccc1. The Morgan fingerprint density at radius 3 is 2.64 bits per heavy atom. The molecule has 0 amide bonds. The number of hydrogen-bond donors (Lipinski definition) is 1. The minimum absolute atomic E-state index is 0.0224. The lowest BCUT2D eigenvalue weighted by molar-refractivity contribution is 0.283. The summed E-state index contributed by atoms with van der Waals surface area (Å²) in [7, 11) is 0. The first-order valence-corrected chi connectivity index (χ1v) is 7.81. The number of anilines is 1. The maximum absolute atomic E-state index is 12.5. The van der Waals surface area contributed by atoms with Crippen molar-refractivity contribution in [1.82, 2.24) is 9.78 Å². The zero-order valence-corrected chi connectivity index (χ0v) is 12.9. The van der Waals surface area contributed by atoms with Crippen LogP contribution in [0.3, 0.4) is 0 Å². The number of aliphatic hydroxyl groups is 1. The molecule has 0 atom stereocenters. The number of hydrogen-bond acceptors (Lipinski definition) is 4. The van der Waals surface area contributed by atoms with Crippen LogP contribution < -0.4 is 10.5 Å². The average molecular weight is 320 g/mol. The van der Waals surface area contributed by atoms with Crippen LogP contribution in [0.1, 0.15) is 19.3 Å². The molecule has 1 N–H and O–H groups in total. The molecule has 0 radical (unpaired) electrons. The number of para-hydroxylation sites is 1. The summed E-state index contributed by atoms with van der Waals surface area (Å²) in [5, 5.41) is 13.7. The first-order chi connectivity index (χ1) is 10.7. The predicted octanol–water partition coefficient (Wildman–Crippen LogP) is 2.24. The van der Waals surface area contributed by atoms with Crippen molar-refractivity contribution < 1.29 is 5.11 Å². The third-order valence-electron chi connectivity index (χ3n) is 4.07. The summed E-state index contributed by atoms with van der Waals surface area (Å²) in [6.07, 6.45) is 4.89. The summed E-state index contributed by atoms with van der Waals surface area (Å²) in [4.78, 5) is 14.5. The van der Waals surface area contributed by atoms with Crippen LogP contribution in [0.2, 0.25) is 5.02 Å². The number of aliphatic hydroxyl groups excluding tert-OH is 1. The maximum atomic E-state index is 12.5. The van der Waals surface area contributed by atoms with Crippen molar-refractivity contribution >= 4 is 17.3 Å². The minimum Gasteiger partial charge on any atom is -0.395 e. The molecule has 1 saturated carbocycles. The summed E-state index contributed by atoms with van der Waals surface area (Å²) in [6, 6.07) is 9.52. The number of nitrogens with zero attached hydrogens (tertiary/aromatic N) is 3. The maximum Gasteiger partial charge on any atom is 0.292 e. The van der Waals surface area contributed by atoms with Crippen LogP contribution in [0.5, 0.6) is 0 Å². The molecule has 0 unspecified atom stereocenters. The first-order valence-electron chi connectivity index (χ1n) is 7.43. The average Bonchev–Trinajstić information content (AvgIpc) is 2.49. The molecular formula is C16H18ClN3O2. The van der Waals surface area contributed by atoms with Gasteiger partial charge in [0.15, 0.2) is 0 Å². The fraction of sp³-hybridized carbons (Fsp3) is 0.375. The second kappa shape index (κ2) is 6.50. The van der Waals surface area contributed by atoms with E-state index in [1.807, 2.05) is 35.2 Å². The van der Waals surface area contributed by atoms with Crippen LogP contribution in [0.4, 0.5) is 5.69 Å². The van der Waals surface area contributed by atoms with E-state index in [1.165, 1.54) is 11.1 Å². The summed E-state index contributed by atoms with van der Waals surface area (Å²) in [6.45, 7) is 0.482. The Hall–Kier alpha value is -1.85. The van der Waals surface area contributed by atoms with Crippen molar-refractivity contribution in [2.75, 3.05) is 18.1 Å². The summed E-state index contributed by atoms with van der Waals surface area (Å²) >= 11 is 6.31. The topological polar surface area (TPSA) is 58.4 Å². The zero-order chi connectivity index (χ0) is 15.5. The minimum atomic E-state index is -0.340. The molecule has 1 fully saturated rings. The highest BCUT2D eigenvalue weighted by Crippen LogP contribution is 2.31. The van der Waals surface area contributed by atoms with Gasteiger partial charge in [0.2, 0.25) is 0 Å². The quantitative estimate of drug-likeness (QED) is 0.918. The molecule has 5 nitrogen and oxygen atoms in total. The van der Waals surface area contributed by atoms with E-state index in [4.69, 9.17) is 11.6 Å². The van der Waals surface area contributed by atoms with E-state index in [1.54, 1.807) is 6.20 Å². The Balaban J connectivity index is 2.00. The highest BCUT2D eigenvalue weighted by atomic mass is 35.5. The molecule has 1 aromatic heterocycles. The van der Waals surface area contributed by atoms with Gasteiger partial charge >= 0.3 is 0 Å². The third kappa shape index (κ3) is 2.74. The Morgan fingerprint density at radius 1 is 1.32 bits per heavy atom.